The fraction of sp³-hybridized carbons (Fsp3) is 0.222. The molecule has 2 aromatic carbocycles. The molecule has 3 N–H and O–H groups in total. The molecule has 9 nitrogen and oxygen atoms in total. The quantitative estimate of drug-likeness (QED) is 0.288. The SMILES string of the molecule is C#CC(C)(C)Oc1ccc2cn(C[C@@]3(c4ccc(-c5cnn(C)c5)cc4)NC(=O)NC3=O)c(O)c2c1. The lowest BCUT2D eigenvalue weighted by molar-refractivity contribution is -0.124. The maximum Gasteiger partial charge on any atom is 0.322 e. The number of aromatic nitrogens is 3. The van der Waals surface area contributed by atoms with Crippen molar-refractivity contribution in [3.8, 4) is 35.1 Å². The predicted molar refractivity (Wildman–Crippen MR) is 134 cm³/mol. The minimum Gasteiger partial charge on any atom is -0.494 e. The first-order valence-electron chi connectivity index (χ1n) is 11.3. The summed E-state index contributed by atoms with van der Waals surface area (Å²) in [6.07, 6.45) is 10.9. The smallest absolute Gasteiger partial charge is 0.322 e. The molecule has 4 aromatic rings. The number of carbonyl (C=O) groups is 2. The van der Waals surface area contributed by atoms with E-state index in [1.165, 1.54) is 0 Å². The average Bonchev–Trinajstić information content (AvgIpc) is 3.50. The molecule has 0 aliphatic carbocycles. The fourth-order valence-corrected chi connectivity index (χ4v) is 4.40. The summed E-state index contributed by atoms with van der Waals surface area (Å²) in [5.74, 6) is 2.52. The van der Waals surface area contributed by atoms with Crippen LogP contribution in [0.5, 0.6) is 11.6 Å². The van der Waals surface area contributed by atoms with E-state index in [0.29, 0.717) is 16.7 Å². The summed E-state index contributed by atoms with van der Waals surface area (Å²) in [6.45, 7) is 3.52. The number of imide groups is 1. The summed E-state index contributed by atoms with van der Waals surface area (Å²) in [4.78, 5) is 25.3. The van der Waals surface area contributed by atoms with Crippen LogP contribution in [0.2, 0.25) is 0 Å². The molecule has 2 aromatic heterocycles. The zero-order valence-electron chi connectivity index (χ0n) is 20.1. The fourth-order valence-electron chi connectivity index (χ4n) is 4.40. The van der Waals surface area contributed by atoms with E-state index < -0.39 is 23.1 Å². The van der Waals surface area contributed by atoms with Gasteiger partial charge in [0.05, 0.1) is 12.7 Å². The number of hydrogen-bond donors (Lipinski definition) is 3. The summed E-state index contributed by atoms with van der Waals surface area (Å²) in [6, 6.07) is 12.0. The van der Waals surface area contributed by atoms with Gasteiger partial charge in [0.2, 0.25) is 0 Å². The molecule has 9 heteroatoms. The first-order valence-corrected chi connectivity index (χ1v) is 11.3. The van der Waals surface area contributed by atoms with Crippen molar-refractivity contribution in [2.45, 2.75) is 31.5 Å². The van der Waals surface area contributed by atoms with Gasteiger partial charge in [-0.05, 0) is 43.2 Å². The molecule has 1 saturated heterocycles. The van der Waals surface area contributed by atoms with Gasteiger partial charge in [-0.15, -0.1) is 6.42 Å². The third-order valence-electron chi connectivity index (χ3n) is 6.32. The highest BCUT2D eigenvalue weighted by Gasteiger charge is 2.48. The van der Waals surface area contributed by atoms with E-state index in [1.807, 2.05) is 25.4 Å². The molecule has 36 heavy (non-hydrogen) atoms. The highest BCUT2D eigenvalue weighted by Crippen LogP contribution is 2.36. The zero-order chi connectivity index (χ0) is 25.7. The van der Waals surface area contributed by atoms with Gasteiger partial charge in [-0.25, -0.2) is 4.79 Å². The highest BCUT2D eigenvalue weighted by atomic mass is 16.5. The number of nitrogens with one attached hydrogen (secondary N) is 2. The number of carbonyl (C=O) groups excluding carboxylic acids is 2. The lowest BCUT2D eigenvalue weighted by Gasteiger charge is -2.27. The number of nitrogens with zero attached hydrogens (tertiary/aromatic N) is 3. The normalized spacial score (nSPS) is 17.6. The minimum atomic E-state index is -1.41. The predicted octanol–water partition coefficient (Wildman–Crippen LogP) is 3.27. The molecule has 0 saturated carbocycles. The largest absolute Gasteiger partial charge is 0.494 e. The Balaban J connectivity index is 1.52. The van der Waals surface area contributed by atoms with Crippen molar-refractivity contribution in [2.24, 2.45) is 7.05 Å². The van der Waals surface area contributed by atoms with Crippen LogP contribution in [0, 0.1) is 12.3 Å². The number of aryl methyl sites for hydroxylation is 1. The Bertz CT molecular complexity index is 1540. The van der Waals surface area contributed by atoms with Gasteiger partial charge in [0.15, 0.2) is 17.0 Å². The van der Waals surface area contributed by atoms with Gasteiger partial charge < -0.3 is 19.7 Å². The Morgan fingerprint density at radius 2 is 1.89 bits per heavy atom. The van der Waals surface area contributed by atoms with E-state index in [9.17, 15) is 14.7 Å². The first kappa shape index (κ1) is 23.1. The van der Waals surface area contributed by atoms with Crippen LogP contribution in [0.25, 0.3) is 21.9 Å². The van der Waals surface area contributed by atoms with E-state index in [0.717, 1.165) is 16.5 Å². The van der Waals surface area contributed by atoms with E-state index in [-0.39, 0.29) is 12.4 Å². The number of urea groups is 1. The van der Waals surface area contributed by atoms with E-state index in [2.05, 4.69) is 21.7 Å². The van der Waals surface area contributed by atoms with Gasteiger partial charge in [0, 0.05) is 35.8 Å². The number of ether oxygens (including phenoxy) is 1. The van der Waals surface area contributed by atoms with Gasteiger partial charge in [0.1, 0.15) is 5.75 Å². The average molecular weight is 484 g/mol. The lowest BCUT2D eigenvalue weighted by Crippen LogP contribution is -2.47. The topological polar surface area (TPSA) is 110 Å². The maximum atomic E-state index is 13.1. The van der Waals surface area contributed by atoms with Crippen molar-refractivity contribution in [1.82, 2.24) is 25.0 Å². The van der Waals surface area contributed by atoms with Crippen LogP contribution in [-0.2, 0) is 23.9 Å². The third-order valence-corrected chi connectivity index (χ3v) is 6.32. The summed E-state index contributed by atoms with van der Waals surface area (Å²) in [5, 5.41) is 21.6. The van der Waals surface area contributed by atoms with Crippen molar-refractivity contribution in [1.29, 1.82) is 0 Å². The summed E-state index contributed by atoms with van der Waals surface area (Å²) in [7, 11) is 1.84. The summed E-state index contributed by atoms with van der Waals surface area (Å²) in [5.41, 5.74) is 0.198. The number of rotatable bonds is 6. The van der Waals surface area contributed by atoms with Crippen LogP contribution in [0.1, 0.15) is 19.4 Å². The van der Waals surface area contributed by atoms with E-state index >= 15 is 0 Å². The third kappa shape index (κ3) is 3.92. The van der Waals surface area contributed by atoms with Crippen molar-refractivity contribution in [2.75, 3.05) is 0 Å². The van der Waals surface area contributed by atoms with Gasteiger partial charge in [-0.3, -0.25) is 14.8 Å². The molecule has 0 bridgehead atoms. The molecule has 3 amide bonds. The molecule has 1 aliphatic heterocycles. The summed E-state index contributed by atoms with van der Waals surface area (Å²) >= 11 is 0. The van der Waals surface area contributed by atoms with Crippen LogP contribution in [-0.4, -0.2) is 37.0 Å². The second-order valence-corrected chi connectivity index (χ2v) is 9.38. The lowest BCUT2D eigenvalue weighted by atomic mass is 9.88. The van der Waals surface area contributed by atoms with E-state index in [1.54, 1.807) is 65.8 Å². The Kier molecular flexibility index (Phi) is 5.25. The molecule has 0 unspecified atom stereocenters. The number of benzene rings is 2. The second-order valence-electron chi connectivity index (χ2n) is 9.38. The van der Waals surface area contributed by atoms with Gasteiger partial charge in [-0.2, -0.15) is 5.10 Å². The van der Waals surface area contributed by atoms with Crippen LogP contribution in [0.15, 0.2) is 61.1 Å². The number of aromatic hydroxyl groups is 1. The standard InChI is InChI=1S/C27H25N5O4/c1-5-26(2,3)36-21-11-8-18-15-32(23(33)22(18)12-21)16-27(24(34)29-25(35)30-27)20-9-6-17(7-10-20)19-13-28-31(4)14-19/h1,6-15,33H,16H2,2-4H3,(H2,29,30,34,35)/t27-/m0/s1. The first-order chi connectivity index (χ1) is 17.1. The van der Waals surface area contributed by atoms with Gasteiger partial charge in [-0.1, -0.05) is 30.2 Å². The van der Waals surface area contributed by atoms with Crippen LogP contribution in [0.4, 0.5) is 4.79 Å². The Labute approximate surface area is 207 Å². The molecule has 182 valence electrons. The van der Waals surface area contributed by atoms with Crippen molar-refractivity contribution >= 4 is 22.7 Å². The van der Waals surface area contributed by atoms with Crippen LogP contribution in [0.3, 0.4) is 0 Å². The minimum absolute atomic E-state index is 0.0244. The molecular weight excluding hydrogens is 458 g/mol. The number of hydrogen-bond acceptors (Lipinski definition) is 5. The number of fused-ring (bicyclic) bond motifs is 1. The molecular formula is C27H25N5O4. The van der Waals surface area contributed by atoms with Crippen molar-refractivity contribution in [3.05, 3.63) is 66.6 Å². The summed E-state index contributed by atoms with van der Waals surface area (Å²) < 4.78 is 9.09. The number of amides is 3. The molecule has 1 atom stereocenters. The van der Waals surface area contributed by atoms with Crippen molar-refractivity contribution < 1.29 is 19.4 Å². The molecule has 0 radical (unpaired) electrons. The van der Waals surface area contributed by atoms with Gasteiger partial charge in [0.25, 0.3) is 5.91 Å². The Morgan fingerprint density at radius 3 is 2.50 bits per heavy atom. The van der Waals surface area contributed by atoms with E-state index in [4.69, 9.17) is 11.2 Å². The maximum absolute atomic E-state index is 13.1. The molecule has 1 fully saturated rings. The molecule has 0 spiro atoms. The molecule has 5 rings (SSSR count). The van der Waals surface area contributed by atoms with Crippen LogP contribution < -0.4 is 15.4 Å². The van der Waals surface area contributed by atoms with Crippen LogP contribution >= 0.6 is 0 Å². The second kappa shape index (κ2) is 8.20. The Morgan fingerprint density at radius 1 is 1.14 bits per heavy atom. The Hall–Kier alpha value is -4.71. The highest BCUT2D eigenvalue weighted by molar-refractivity contribution is 6.07. The monoisotopic (exact) mass is 483 g/mol. The number of terminal acetylenes is 1. The molecule has 3 heterocycles. The zero-order valence-corrected chi connectivity index (χ0v) is 20.1. The van der Waals surface area contributed by atoms with Crippen molar-refractivity contribution in [3.63, 3.8) is 0 Å². The molecule has 1 aliphatic rings. The van der Waals surface area contributed by atoms with Gasteiger partial charge >= 0.3 is 6.03 Å².